The molecule has 11 aromatic rings. The maximum absolute atomic E-state index is 6.44. The van der Waals surface area contributed by atoms with E-state index in [9.17, 15) is 0 Å². The van der Waals surface area contributed by atoms with Crippen LogP contribution in [-0.4, -0.2) is 0 Å². The van der Waals surface area contributed by atoms with Crippen molar-refractivity contribution in [3.63, 3.8) is 0 Å². The molecule has 0 spiro atoms. The Hall–Kier alpha value is -6.62. The molecule has 3 aromatic heterocycles. The molecule has 4 heteroatoms. The molecule has 3 nitrogen and oxygen atoms in total. The van der Waals surface area contributed by atoms with Crippen LogP contribution in [0.3, 0.4) is 0 Å². The number of thiophene rings is 1. The predicted molar refractivity (Wildman–Crippen MR) is 219 cm³/mol. The first-order valence-electron chi connectivity index (χ1n) is 17.5. The molecule has 0 N–H and O–H groups in total. The zero-order chi connectivity index (χ0) is 34.2. The van der Waals surface area contributed by atoms with Crippen LogP contribution in [0.15, 0.2) is 185 Å². The molecule has 0 aliphatic heterocycles. The molecule has 3 heterocycles. The third-order valence-electron chi connectivity index (χ3n) is 10.3. The fraction of sp³-hybridized carbons (Fsp3) is 0. The molecule has 11 rings (SSSR count). The third kappa shape index (κ3) is 4.51. The molecule has 0 aliphatic carbocycles. The summed E-state index contributed by atoms with van der Waals surface area (Å²) in [5.41, 5.74) is 11.5. The molecule has 0 unspecified atom stereocenters. The van der Waals surface area contributed by atoms with Gasteiger partial charge in [0.2, 0.25) is 0 Å². The van der Waals surface area contributed by atoms with Gasteiger partial charge in [-0.3, -0.25) is 0 Å². The SMILES string of the molecule is c1ccc(-c2cccc3c2sc2c(N(c4cccc(-c5ccc6c(c5)oc5ccccc56)c4)c4ccc5c(c4)oc4ccccc45)cccc23)cc1. The summed E-state index contributed by atoms with van der Waals surface area (Å²) >= 11 is 1.86. The Morgan fingerprint density at radius 2 is 0.904 bits per heavy atom. The van der Waals surface area contributed by atoms with Crippen LogP contribution in [0.5, 0.6) is 0 Å². The van der Waals surface area contributed by atoms with Crippen molar-refractivity contribution in [3.8, 4) is 22.3 Å². The zero-order valence-electron chi connectivity index (χ0n) is 27.9. The lowest BCUT2D eigenvalue weighted by molar-refractivity contribution is 0.668. The lowest BCUT2D eigenvalue weighted by Gasteiger charge is -2.26. The van der Waals surface area contributed by atoms with Gasteiger partial charge in [0.15, 0.2) is 0 Å². The standard InChI is InChI=1S/C48H29NO2S/c1-2-11-30(12-3-1)35-17-9-18-40-41-19-10-20-42(48(41)52-47(35)40)49(34-24-26-39-37-16-5-7-22-44(37)51-46(39)29-34)33-14-8-13-31(27-33)32-23-25-38-36-15-4-6-21-43(36)50-45(38)28-32/h1-29H. The van der Waals surface area contributed by atoms with E-state index in [1.165, 1.54) is 31.3 Å². The van der Waals surface area contributed by atoms with Crippen LogP contribution in [0.1, 0.15) is 0 Å². The number of anilines is 3. The molecule has 0 aliphatic rings. The predicted octanol–water partition coefficient (Wildman–Crippen LogP) is 14.7. The van der Waals surface area contributed by atoms with Crippen molar-refractivity contribution in [1.82, 2.24) is 0 Å². The van der Waals surface area contributed by atoms with Crippen LogP contribution in [0.2, 0.25) is 0 Å². The summed E-state index contributed by atoms with van der Waals surface area (Å²) in [4.78, 5) is 2.38. The van der Waals surface area contributed by atoms with Crippen molar-refractivity contribution >= 4 is 92.4 Å². The summed E-state index contributed by atoms with van der Waals surface area (Å²) in [6, 6.07) is 62.5. The molecule has 0 fully saturated rings. The molecular weight excluding hydrogens is 655 g/mol. The van der Waals surface area contributed by atoms with Crippen LogP contribution < -0.4 is 4.90 Å². The fourth-order valence-electron chi connectivity index (χ4n) is 7.84. The lowest BCUT2D eigenvalue weighted by atomic mass is 10.0. The Labute approximate surface area is 303 Å². The average Bonchev–Trinajstić information content (AvgIpc) is 3.89. The minimum absolute atomic E-state index is 0.866. The number of hydrogen-bond acceptors (Lipinski definition) is 4. The van der Waals surface area contributed by atoms with Gasteiger partial charge in [-0.25, -0.2) is 0 Å². The maximum Gasteiger partial charge on any atom is 0.137 e. The number of fused-ring (bicyclic) bond motifs is 9. The van der Waals surface area contributed by atoms with E-state index in [1.54, 1.807) is 0 Å². The Balaban J connectivity index is 1.13. The first-order valence-corrected chi connectivity index (χ1v) is 18.3. The van der Waals surface area contributed by atoms with E-state index in [-0.39, 0.29) is 0 Å². The van der Waals surface area contributed by atoms with E-state index in [4.69, 9.17) is 8.83 Å². The van der Waals surface area contributed by atoms with Gasteiger partial charge in [0.1, 0.15) is 22.3 Å². The van der Waals surface area contributed by atoms with Gasteiger partial charge in [-0.05, 0) is 76.9 Å². The summed E-state index contributed by atoms with van der Waals surface area (Å²) in [5, 5.41) is 7.01. The van der Waals surface area contributed by atoms with Crippen molar-refractivity contribution in [1.29, 1.82) is 0 Å². The minimum Gasteiger partial charge on any atom is -0.456 e. The fourth-order valence-corrected chi connectivity index (χ4v) is 9.18. The quantitative estimate of drug-likeness (QED) is 0.181. The van der Waals surface area contributed by atoms with E-state index in [2.05, 4.69) is 157 Å². The molecule has 244 valence electrons. The van der Waals surface area contributed by atoms with Crippen molar-refractivity contribution < 1.29 is 8.83 Å². The molecule has 0 amide bonds. The van der Waals surface area contributed by atoms with Gasteiger partial charge in [0, 0.05) is 54.5 Å². The zero-order valence-corrected chi connectivity index (χ0v) is 28.7. The summed E-state index contributed by atoms with van der Waals surface area (Å²) < 4.78 is 15.3. The lowest BCUT2D eigenvalue weighted by Crippen LogP contribution is -2.10. The molecule has 0 radical (unpaired) electrons. The molecule has 0 saturated heterocycles. The summed E-state index contributed by atoms with van der Waals surface area (Å²) in [6.07, 6.45) is 0. The first-order chi connectivity index (χ1) is 25.8. The van der Waals surface area contributed by atoms with Crippen molar-refractivity contribution in [2.24, 2.45) is 0 Å². The van der Waals surface area contributed by atoms with E-state index in [0.29, 0.717) is 0 Å². The van der Waals surface area contributed by atoms with E-state index >= 15 is 0 Å². The number of para-hydroxylation sites is 2. The van der Waals surface area contributed by atoms with Crippen molar-refractivity contribution in [2.45, 2.75) is 0 Å². The minimum atomic E-state index is 0.866. The molecule has 0 bridgehead atoms. The highest BCUT2D eigenvalue weighted by molar-refractivity contribution is 7.27. The average molecular weight is 684 g/mol. The summed E-state index contributed by atoms with van der Waals surface area (Å²) in [7, 11) is 0. The third-order valence-corrected chi connectivity index (χ3v) is 11.5. The first kappa shape index (κ1) is 29.1. The van der Waals surface area contributed by atoms with Gasteiger partial charge < -0.3 is 13.7 Å². The van der Waals surface area contributed by atoms with Gasteiger partial charge in [-0.1, -0.05) is 115 Å². The Morgan fingerprint density at radius 3 is 1.69 bits per heavy atom. The largest absolute Gasteiger partial charge is 0.456 e. The number of hydrogen-bond donors (Lipinski definition) is 0. The number of nitrogens with zero attached hydrogens (tertiary/aromatic N) is 1. The molecule has 8 aromatic carbocycles. The van der Waals surface area contributed by atoms with Gasteiger partial charge in [0.25, 0.3) is 0 Å². The molecule has 0 saturated carbocycles. The monoisotopic (exact) mass is 683 g/mol. The van der Waals surface area contributed by atoms with Crippen molar-refractivity contribution in [3.05, 3.63) is 176 Å². The molecular formula is C48H29NO2S. The van der Waals surface area contributed by atoms with E-state index in [1.807, 2.05) is 35.6 Å². The van der Waals surface area contributed by atoms with Crippen LogP contribution in [0, 0.1) is 0 Å². The van der Waals surface area contributed by atoms with Gasteiger partial charge in [-0.2, -0.15) is 0 Å². The maximum atomic E-state index is 6.44. The highest BCUT2D eigenvalue weighted by Crippen LogP contribution is 2.48. The Bertz CT molecular complexity index is 3150. The van der Waals surface area contributed by atoms with Crippen molar-refractivity contribution in [2.75, 3.05) is 4.90 Å². The summed E-state index contributed by atoms with van der Waals surface area (Å²) in [6.45, 7) is 0. The summed E-state index contributed by atoms with van der Waals surface area (Å²) in [5.74, 6) is 0. The van der Waals surface area contributed by atoms with Crippen LogP contribution in [-0.2, 0) is 0 Å². The second-order valence-corrected chi connectivity index (χ2v) is 14.3. The van der Waals surface area contributed by atoms with E-state index < -0.39 is 0 Å². The van der Waals surface area contributed by atoms with Gasteiger partial charge in [0.05, 0.1) is 10.4 Å². The highest BCUT2D eigenvalue weighted by Gasteiger charge is 2.21. The number of rotatable bonds is 5. The normalized spacial score (nSPS) is 11.8. The van der Waals surface area contributed by atoms with E-state index in [0.717, 1.165) is 72.1 Å². The van der Waals surface area contributed by atoms with Gasteiger partial charge >= 0.3 is 0 Å². The number of furan rings is 2. The van der Waals surface area contributed by atoms with Crippen LogP contribution >= 0.6 is 11.3 Å². The molecule has 0 atom stereocenters. The van der Waals surface area contributed by atoms with Crippen LogP contribution in [0.25, 0.3) is 86.3 Å². The van der Waals surface area contributed by atoms with Gasteiger partial charge in [-0.15, -0.1) is 11.3 Å². The van der Waals surface area contributed by atoms with Crippen LogP contribution in [0.4, 0.5) is 17.1 Å². The topological polar surface area (TPSA) is 29.5 Å². The second kappa shape index (κ2) is 11.5. The smallest absolute Gasteiger partial charge is 0.137 e. The Morgan fingerprint density at radius 1 is 0.346 bits per heavy atom. The second-order valence-electron chi connectivity index (χ2n) is 13.3. The number of benzene rings is 8. The Kier molecular flexibility index (Phi) is 6.42. The molecule has 52 heavy (non-hydrogen) atoms. The highest BCUT2D eigenvalue weighted by atomic mass is 32.1.